The van der Waals surface area contributed by atoms with Gasteiger partial charge in [0.25, 0.3) is 0 Å². The molecule has 3 N–H and O–H groups in total. The predicted molar refractivity (Wildman–Crippen MR) is 78.4 cm³/mol. The van der Waals surface area contributed by atoms with Gasteiger partial charge in [-0.1, -0.05) is 19.8 Å². The molecule has 0 fully saturated rings. The lowest BCUT2D eigenvalue weighted by Gasteiger charge is -2.21. The van der Waals surface area contributed by atoms with Crippen molar-refractivity contribution in [3.8, 4) is 12.3 Å². The molecule has 0 aromatic carbocycles. The summed E-state index contributed by atoms with van der Waals surface area (Å²) in [6.07, 6.45) is 4.91. The first kappa shape index (κ1) is 18.3. The number of rotatable bonds is 8. The fourth-order valence-electron chi connectivity index (χ4n) is 1.49. The fraction of sp³-hybridized carbons (Fsp3) is 0.615. The molecule has 0 saturated heterocycles. The standard InChI is InChI=1S/C13H20N2O4S/c1-4-6-20-7-5-14-12(19)15-10(16)8-13(2,3)9-11(17)18/h1H,5-9H2,2-3H3,(H,17,18)(H2,14,15,16,19). The van der Waals surface area contributed by atoms with E-state index in [0.717, 1.165) is 0 Å². The van der Waals surface area contributed by atoms with Crippen LogP contribution in [-0.4, -0.2) is 41.1 Å². The van der Waals surface area contributed by atoms with Crippen LogP contribution >= 0.6 is 11.8 Å². The maximum atomic E-state index is 11.6. The third-order valence-electron chi connectivity index (χ3n) is 2.24. The Labute approximate surface area is 123 Å². The zero-order chi connectivity index (χ0) is 15.6. The first-order chi connectivity index (χ1) is 9.26. The third kappa shape index (κ3) is 10.3. The molecule has 0 aromatic rings. The van der Waals surface area contributed by atoms with E-state index in [-0.39, 0.29) is 12.8 Å². The number of urea groups is 1. The Morgan fingerprint density at radius 3 is 2.50 bits per heavy atom. The normalized spacial score (nSPS) is 10.4. The number of terminal acetylenes is 1. The maximum Gasteiger partial charge on any atom is 0.321 e. The van der Waals surface area contributed by atoms with Crippen molar-refractivity contribution in [3.05, 3.63) is 0 Å². The molecular formula is C13H20N2O4S. The number of carboxylic acids is 1. The van der Waals surface area contributed by atoms with Crippen LogP contribution in [0.5, 0.6) is 0 Å². The molecule has 3 amide bonds. The van der Waals surface area contributed by atoms with Gasteiger partial charge in [-0.3, -0.25) is 14.9 Å². The number of aliphatic carboxylic acids is 1. The zero-order valence-corrected chi connectivity index (χ0v) is 12.5. The van der Waals surface area contributed by atoms with Crippen LogP contribution in [0.4, 0.5) is 4.79 Å². The van der Waals surface area contributed by atoms with Crippen molar-refractivity contribution < 1.29 is 19.5 Å². The van der Waals surface area contributed by atoms with E-state index in [1.807, 2.05) is 0 Å². The predicted octanol–water partition coefficient (Wildman–Crippen LogP) is 1.07. The molecule has 0 bridgehead atoms. The first-order valence-electron chi connectivity index (χ1n) is 6.07. The number of imide groups is 1. The number of hydrogen-bond donors (Lipinski definition) is 3. The highest BCUT2D eigenvalue weighted by Crippen LogP contribution is 2.24. The molecule has 0 radical (unpaired) electrons. The largest absolute Gasteiger partial charge is 0.481 e. The summed E-state index contributed by atoms with van der Waals surface area (Å²) in [6, 6.07) is -0.581. The molecule has 6 nitrogen and oxygen atoms in total. The molecular weight excluding hydrogens is 280 g/mol. The second kappa shape index (κ2) is 9.26. The summed E-state index contributed by atoms with van der Waals surface area (Å²) in [4.78, 5) is 33.6. The first-order valence-corrected chi connectivity index (χ1v) is 7.23. The molecule has 0 spiro atoms. The van der Waals surface area contributed by atoms with Gasteiger partial charge in [-0.25, -0.2) is 4.79 Å². The number of carbonyl (C=O) groups is 3. The van der Waals surface area contributed by atoms with Crippen LogP contribution in [0.15, 0.2) is 0 Å². The van der Waals surface area contributed by atoms with Crippen LogP contribution in [0, 0.1) is 17.8 Å². The van der Waals surface area contributed by atoms with E-state index in [2.05, 4.69) is 16.6 Å². The van der Waals surface area contributed by atoms with Crippen molar-refractivity contribution in [2.75, 3.05) is 18.1 Å². The molecule has 0 aliphatic carbocycles. The van der Waals surface area contributed by atoms with E-state index in [1.54, 1.807) is 13.8 Å². The monoisotopic (exact) mass is 300 g/mol. The SMILES string of the molecule is C#CCSCCNC(=O)NC(=O)CC(C)(C)CC(=O)O. The van der Waals surface area contributed by atoms with E-state index in [9.17, 15) is 14.4 Å². The van der Waals surface area contributed by atoms with E-state index in [4.69, 9.17) is 11.5 Å². The third-order valence-corrected chi connectivity index (χ3v) is 3.10. The lowest BCUT2D eigenvalue weighted by Crippen LogP contribution is -2.41. The van der Waals surface area contributed by atoms with Gasteiger partial charge in [0, 0.05) is 18.7 Å². The average Bonchev–Trinajstić information content (AvgIpc) is 2.25. The Bertz CT molecular complexity index is 402. The van der Waals surface area contributed by atoms with Gasteiger partial charge in [-0.05, 0) is 5.41 Å². The van der Waals surface area contributed by atoms with Gasteiger partial charge in [0.15, 0.2) is 0 Å². The van der Waals surface area contributed by atoms with Gasteiger partial charge in [-0.2, -0.15) is 0 Å². The summed E-state index contributed by atoms with van der Waals surface area (Å²) in [5.74, 6) is 2.23. The number of amides is 3. The minimum absolute atomic E-state index is 0.0292. The van der Waals surface area contributed by atoms with Crippen molar-refractivity contribution >= 4 is 29.7 Å². The molecule has 0 aromatic heterocycles. The lowest BCUT2D eigenvalue weighted by atomic mass is 9.85. The van der Waals surface area contributed by atoms with E-state index in [1.165, 1.54) is 11.8 Å². The molecule has 0 unspecified atom stereocenters. The number of carboxylic acid groups (broad SMARTS) is 1. The Hall–Kier alpha value is -1.68. The Kier molecular flexibility index (Phi) is 8.48. The summed E-state index contributed by atoms with van der Waals surface area (Å²) < 4.78 is 0. The summed E-state index contributed by atoms with van der Waals surface area (Å²) in [7, 11) is 0. The molecule has 7 heteroatoms. The van der Waals surface area contributed by atoms with Gasteiger partial charge in [0.05, 0.1) is 12.2 Å². The van der Waals surface area contributed by atoms with Crippen molar-refractivity contribution in [2.45, 2.75) is 26.7 Å². The summed E-state index contributed by atoms with van der Waals surface area (Å²) in [5.41, 5.74) is -0.696. The van der Waals surface area contributed by atoms with Crippen molar-refractivity contribution in [2.24, 2.45) is 5.41 Å². The van der Waals surface area contributed by atoms with Gasteiger partial charge in [0.1, 0.15) is 0 Å². The summed E-state index contributed by atoms with van der Waals surface area (Å²) in [5, 5.41) is 13.4. The number of hydrogen-bond acceptors (Lipinski definition) is 4. The van der Waals surface area contributed by atoms with Crippen LogP contribution in [0.1, 0.15) is 26.7 Å². The van der Waals surface area contributed by atoms with E-state index in [0.29, 0.717) is 18.1 Å². The number of nitrogens with one attached hydrogen (secondary N) is 2. The topological polar surface area (TPSA) is 95.5 Å². The molecule has 0 aliphatic rings. The average molecular weight is 300 g/mol. The summed E-state index contributed by atoms with van der Waals surface area (Å²) in [6.45, 7) is 3.73. The Balaban J connectivity index is 3.93. The fourth-order valence-corrected chi connectivity index (χ4v) is 2.00. The molecule has 0 aliphatic heterocycles. The number of thioether (sulfide) groups is 1. The van der Waals surface area contributed by atoms with Gasteiger partial charge >= 0.3 is 12.0 Å². The molecule has 20 heavy (non-hydrogen) atoms. The summed E-state index contributed by atoms with van der Waals surface area (Å²) >= 11 is 1.50. The quantitative estimate of drug-likeness (QED) is 0.460. The highest BCUT2D eigenvalue weighted by Gasteiger charge is 2.25. The maximum absolute atomic E-state index is 11.6. The Morgan fingerprint density at radius 1 is 1.30 bits per heavy atom. The van der Waals surface area contributed by atoms with Gasteiger partial charge in [0.2, 0.25) is 5.91 Å². The van der Waals surface area contributed by atoms with Crippen LogP contribution in [0.25, 0.3) is 0 Å². The van der Waals surface area contributed by atoms with Crippen LogP contribution in [-0.2, 0) is 9.59 Å². The minimum Gasteiger partial charge on any atom is -0.481 e. The molecule has 0 heterocycles. The molecule has 0 saturated carbocycles. The Morgan fingerprint density at radius 2 is 1.95 bits per heavy atom. The smallest absolute Gasteiger partial charge is 0.321 e. The zero-order valence-electron chi connectivity index (χ0n) is 11.7. The van der Waals surface area contributed by atoms with E-state index >= 15 is 0 Å². The lowest BCUT2D eigenvalue weighted by molar-refractivity contribution is -0.139. The molecule has 0 rings (SSSR count). The molecule has 0 atom stereocenters. The molecule has 112 valence electrons. The van der Waals surface area contributed by atoms with Gasteiger partial charge < -0.3 is 10.4 Å². The van der Waals surface area contributed by atoms with Crippen molar-refractivity contribution in [3.63, 3.8) is 0 Å². The van der Waals surface area contributed by atoms with Crippen molar-refractivity contribution in [1.82, 2.24) is 10.6 Å². The van der Waals surface area contributed by atoms with Crippen molar-refractivity contribution in [1.29, 1.82) is 0 Å². The second-order valence-corrected chi connectivity index (χ2v) is 6.08. The van der Waals surface area contributed by atoms with Crippen LogP contribution in [0.3, 0.4) is 0 Å². The number of carbonyl (C=O) groups excluding carboxylic acids is 2. The minimum atomic E-state index is -0.974. The van der Waals surface area contributed by atoms with E-state index < -0.39 is 23.3 Å². The second-order valence-electron chi connectivity index (χ2n) is 4.97. The van der Waals surface area contributed by atoms with Crippen LogP contribution < -0.4 is 10.6 Å². The highest BCUT2D eigenvalue weighted by molar-refractivity contribution is 7.99. The highest BCUT2D eigenvalue weighted by atomic mass is 32.2. The van der Waals surface area contributed by atoms with Gasteiger partial charge in [-0.15, -0.1) is 18.2 Å². The van der Waals surface area contributed by atoms with Crippen LogP contribution in [0.2, 0.25) is 0 Å².